The Morgan fingerprint density at radius 2 is 1.39 bits per heavy atom. The van der Waals surface area contributed by atoms with Crippen LogP contribution in [-0.4, -0.2) is 0 Å². The molecule has 2 aromatic heterocycles. The minimum absolute atomic E-state index is 1.19. The zero-order chi connectivity index (χ0) is 26.0. The van der Waals surface area contributed by atoms with E-state index in [2.05, 4.69) is 175 Å². The highest BCUT2D eigenvalue weighted by Gasteiger charge is 2.23. The summed E-state index contributed by atoms with van der Waals surface area (Å²) in [4.78, 5) is 0. The zero-order valence-electron chi connectivity index (χ0n) is 21.0. The molecule has 5 aromatic carbocycles. The molecule has 0 atom stereocenters. The maximum atomic E-state index is 2.44. The molecule has 0 spiro atoms. The van der Waals surface area contributed by atoms with Crippen LogP contribution in [0.4, 0.5) is 0 Å². The summed E-state index contributed by atoms with van der Waals surface area (Å²) >= 11 is 4.80. The second-order valence-electron chi connectivity index (χ2n) is 9.96. The zero-order valence-corrected chi connectivity index (χ0v) is 25.4. The summed E-state index contributed by atoms with van der Waals surface area (Å²) in [6.07, 6.45) is 8.86. The second-order valence-corrected chi connectivity index (χ2v) is 12.0. The smallest absolute Gasteiger partial charge is 0.136 e. The molecule has 38 heavy (non-hydrogen) atoms. The third-order valence-electron chi connectivity index (χ3n) is 7.56. The third-order valence-corrected chi connectivity index (χ3v) is 9.21. The molecule has 0 fully saturated rings. The topological polar surface area (TPSA) is 7.76 Å². The maximum Gasteiger partial charge on any atom is 0.354 e. The van der Waals surface area contributed by atoms with Gasteiger partial charge in [-0.25, -0.2) is 0 Å². The van der Waals surface area contributed by atoms with Crippen molar-refractivity contribution >= 4 is 101 Å². The van der Waals surface area contributed by atoms with Gasteiger partial charge in [0.2, 0.25) is 11.2 Å². The Balaban J connectivity index is 1.58. The van der Waals surface area contributed by atoms with Crippen LogP contribution in [0.1, 0.15) is 22.3 Å². The molecule has 0 N–H and O–H groups in total. The van der Waals surface area contributed by atoms with Crippen molar-refractivity contribution in [2.45, 2.75) is 13.8 Å². The van der Waals surface area contributed by atoms with E-state index in [4.69, 9.17) is 0 Å². The minimum atomic E-state index is 1.19. The summed E-state index contributed by atoms with van der Waals surface area (Å²) in [6, 6.07) is 31.0. The number of fused-ring (bicyclic) bond motifs is 3. The van der Waals surface area contributed by atoms with E-state index in [0.29, 0.717) is 0 Å². The molecule has 0 saturated carbocycles. The largest absolute Gasteiger partial charge is 0.354 e. The fourth-order valence-electron chi connectivity index (χ4n) is 5.96. The average Bonchev–Trinajstić information content (AvgIpc) is 2.91. The van der Waals surface area contributed by atoms with Crippen molar-refractivity contribution in [3.05, 3.63) is 120 Å². The van der Waals surface area contributed by atoms with Gasteiger partial charge in [-0.15, -0.1) is 5.56 Å². The molecular formula is C34H24I2N2+2. The molecule has 7 rings (SSSR count). The van der Waals surface area contributed by atoms with E-state index < -0.39 is 0 Å². The highest BCUT2D eigenvalue weighted by molar-refractivity contribution is 14.1. The van der Waals surface area contributed by atoms with Gasteiger partial charge in [-0.05, 0) is 75.8 Å². The molecule has 0 unspecified atom stereocenters. The van der Waals surface area contributed by atoms with Crippen LogP contribution in [0.25, 0.3) is 66.6 Å². The Hall–Kier alpha value is -3.10. The first-order valence-corrected chi connectivity index (χ1v) is 14.6. The first-order valence-electron chi connectivity index (χ1n) is 12.7. The van der Waals surface area contributed by atoms with Gasteiger partial charge in [0, 0.05) is 23.6 Å². The van der Waals surface area contributed by atoms with Crippen LogP contribution in [0.3, 0.4) is 0 Å². The van der Waals surface area contributed by atoms with E-state index in [0.717, 1.165) is 0 Å². The van der Waals surface area contributed by atoms with Crippen molar-refractivity contribution in [2.75, 3.05) is 0 Å². The first kappa shape index (κ1) is 24.0. The van der Waals surface area contributed by atoms with E-state index in [1.54, 1.807) is 0 Å². The van der Waals surface area contributed by atoms with Gasteiger partial charge < -0.3 is 0 Å². The minimum Gasteiger partial charge on any atom is -0.136 e. The molecule has 0 amide bonds. The fraction of sp³-hybridized carbons (Fsp3) is 0.0588. The Kier molecular flexibility index (Phi) is 5.85. The number of benzene rings is 5. The van der Waals surface area contributed by atoms with Gasteiger partial charge in [0.1, 0.15) is 0 Å². The fourth-order valence-corrected chi connectivity index (χ4v) is 7.25. The van der Waals surface area contributed by atoms with Gasteiger partial charge in [-0.3, -0.25) is 0 Å². The molecule has 0 radical (unpaired) electrons. The Morgan fingerprint density at radius 3 is 2.24 bits per heavy atom. The van der Waals surface area contributed by atoms with Crippen LogP contribution in [-0.2, 0) is 0 Å². The van der Waals surface area contributed by atoms with Gasteiger partial charge >= 0.3 is 45.7 Å². The number of halogens is 2. The van der Waals surface area contributed by atoms with Crippen molar-refractivity contribution < 1.29 is 5.56 Å². The van der Waals surface area contributed by atoms with Crippen LogP contribution in [0.2, 0.25) is 0 Å². The van der Waals surface area contributed by atoms with E-state index in [1.807, 2.05) is 0 Å². The number of hydrogen-bond acceptors (Lipinski definition) is 0. The maximum absolute atomic E-state index is 2.44. The van der Waals surface area contributed by atoms with E-state index in [1.165, 1.54) is 76.7 Å². The Bertz CT molecular complexity index is 2070. The average molecular weight is 714 g/mol. The van der Waals surface area contributed by atoms with Crippen molar-refractivity contribution in [1.82, 2.24) is 0 Å². The molecule has 0 aliphatic heterocycles. The lowest BCUT2D eigenvalue weighted by atomic mass is 9.86. The molecule has 0 aliphatic rings. The summed E-state index contributed by atoms with van der Waals surface area (Å²) in [5, 5.41) is 9.28. The molecule has 0 saturated heterocycles. The van der Waals surface area contributed by atoms with Gasteiger partial charge in [-0.2, -0.15) is 0 Å². The van der Waals surface area contributed by atoms with E-state index in [9.17, 15) is 0 Å². The molecule has 7 aromatic rings. The van der Waals surface area contributed by atoms with Crippen molar-refractivity contribution in [3.8, 4) is 11.3 Å². The number of aryl methyl sites for hydroxylation is 2. The lowest BCUT2D eigenvalue weighted by molar-refractivity contribution is -0.427. The van der Waals surface area contributed by atoms with Gasteiger partial charge in [-0.1, -0.05) is 60.7 Å². The first-order chi connectivity index (χ1) is 18.5. The molecule has 4 heteroatoms. The summed E-state index contributed by atoms with van der Waals surface area (Å²) in [5.41, 5.74) is 8.74. The van der Waals surface area contributed by atoms with Crippen LogP contribution < -0.4 is 5.56 Å². The van der Waals surface area contributed by atoms with Crippen LogP contribution in [0.15, 0.2) is 97.3 Å². The number of pyridine rings is 2. The van der Waals surface area contributed by atoms with Gasteiger partial charge in [0.05, 0.1) is 16.3 Å². The number of hydrogen-bond donors (Lipinski definition) is 0. The predicted molar refractivity (Wildman–Crippen MR) is 177 cm³/mol. The quantitative estimate of drug-likeness (QED) is 0.0747. The normalized spacial score (nSPS) is 12.1. The summed E-state index contributed by atoms with van der Waals surface area (Å²) < 4.78 is 4.42. The second kappa shape index (κ2) is 9.27. The van der Waals surface area contributed by atoms with Crippen molar-refractivity contribution in [2.24, 2.45) is 0 Å². The highest BCUT2D eigenvalue weighted by Crippen LogP contribution is 2.43. The standard InChI is InChI=1S/C34H24I2N2/c1-21-18-24-12-13-25-20-22(2)26(15-14-23-8-3-4-9-27(23)30-11-5-6-16-37(30)35)33-32(25)31(24)29(19-21)28-10-7-17-38(36)34(28)33/h3-20H,1-2H3/q+2/b15-14+. The third kappa shape index (κ3) is 3.72. The lowest BCUT2D eigenvalue weighted by Gasteiger charge is -2.17. The summed E-state index contributed by atoms with van der Waals surface area (Å²) in [5.74, 6) is 0. The van der Waals surface area contributed by atoms with Crippen molar-refractivity contribution in [1.29, 1.82) is 0 Å². The van der Waals surface area contributed by atoms with Crippen LogP contribution in [0, 0.1) is 13.8 Å². The lowest BCUT2D eigenvalue weighted by Crippen LogP contribution is -2.21. The number of nitrogens with zero attached hydrogens (tertiary/aromatic N) is 2. The van der Waals surface area contributed by atoms with Crippen LogP contribution >= 0.6 is 45.7 Å². The molecule has 2 heterocycles. The monoisotopic (exact) mass is 714 g/mol. The Morgan fingerprint density at radius 1 is 0.632 bits per heavy atom. The summed E-state index contributed by atoms with van der Waals surface area (Å²) in [6.45, 7) is 4.44. The van der Waals surface area contributed by atoms with Gasteiger partial charge in [0.15, 0.2) is 12.4 Å². The van der Waals surface area contributed by atoms with E-state index >= 15 is 0 Å². The molecular weight excluding hydrogens is 690 g/mol. The van der Waals surface area contributed by atoms with E-state index in [-0.39, 0.29) is 0 Å². The Labute approximate surface area is 249 Å². The van der Waals surface area contributed by atoms with Crippen LogP contribution in [0.5, 0.6) is 0 Å². The molecule has 0 bridgehead atoms. The molecule has 182 valence electrons. The SMILES string of the molecule is Cc1cc2ccc3cc(C)c(/C=C/c4ccccc4-c4cccc[n+]4I)c4c3c2c(c1)c1ccc[n+](I)c14. The molecule has 2 nitrogen and oxygen atoms in total. The van der Waals surface area contributed by atoms with Gasteiger partial charge in [0.25, 0.3) is 0 Å². The molecule has 0 aliphatic carbocycles. The number of rotatable bonds is 3. The number of aromatic nitrogens is 2. The highest BCUT2D eigenvalue weighted by atomic mass is 127. The van der Waals surface area contributed by atoms with Crippen molar-refractivity contribution in [3.63, 3.8) is 0 Å². The summed E-state index contributed by atoms with van der Waals surface area (Å²) in [7, 11) is 0. The predicted octanol–water partition coefficient (Wildman–Crippen LogP) is 9.16.